The van der Waals surface area contributed by atoms with Crippen LogP contribution in [0.15, 0.2) is 55.1 Å². The standard InChI is InChI=1S/C23H21N5O2/c1-14-3-4-16(23(29)27-17-7-8-17)11-19(14)28-13-26-21-20(24-12-25-22(21)28)15-5-9-18(30-2)10-6-15/h3-6,9-13,17H,7-8H2,1-2H3,(H,27,29). The van der Waals surface area contributed by atoms with E-state index in [9.17, 15) is 4.79 Å². The Bertz CT molecular complexity index is 1240. The van der Waals surface area contributed by atoms with E-state index in [0.717, 1.165) is 41.1 Å². The predicted molar refractivity (Wildman–Crippen MR) is 114 cm³/mol. The molecule has 0 aliphatic heterocycles. The van der Waals surface area contributed by atoms with E-state index in [1.807, 2.05) is 54.0 Å². The van der Waals surface area contributed by atoms with Crippen LogP contribution in [0.4, 0.5) is 0 Å². The maximum absolute atomic E-state index is 12.5. The van der Waals surface area contributed by atoms with Crippen molar-refractivity contribution in [3.05, 3.63) is 66.2 Å². The summed E-state index contributed by atoms with van der Waals surface area (Å²) in [5.41, 5.74) is 5.62. The van der Waals surface area contributed by atoms with Crippen molar-refractivity contribution in [1.82, 2.24) is 24.8 Å². The molecule has 1 N–H and O–H groups in total. The van der Waals surface area contributed by atoms with Crippen LogP contribution in [-0.4, -0.2) is 38.6 Å². The van der Waals surface area contributed by atoms with E-state index in [4.69, 9.17) is 4.74 Å². The molecule has 2 aromatic carbocycles. The number of hydrogen-bond donors (Lipinski definition) is 1. The van der Waals surface area contributed by atoms with Crippen molar-refractivity contribution in [1.29, 1.82) is 0 Å². The molecule has 1 fully saturated rings. The number of hydrogen-bond acceptors (Lipinski definition) is 5. The smallest absolute Gasteiger partial charge is 0.251 e. The zero-order valence-electron chi connectivity index (χ0n) is 16.8. The van der Waals surface area contributed by atoms with Crippen LogP contribution in [0.3, 0.4) is 0 Å². The normalized spacial score (nSPS) is 13.4. The van der Waals surface area contributed by atoms with Crippen LogP contribution < -0.4 is 10.1 Å². The fourth-order valence-electron chi connectivity index (χ4n) is 3.48. The molecule has 2 heterocycles. The number of aryl methyl sites for hydroxylation is 1. The highest BCUT2D eigenvalue weighted by Gasteiger charge is 2.24. The minimum Gasteiger partial charge on any atom is -0.497 e. The Balaban J connectivity index is 1.57. The van der Waals surface area contributed by atoms with Gasteiger partial charge in [-0.2, -0.15) is 0 Å². The number of fused-ring (bicyclic) bond motifs is 1. The lowest BCUT2D eigenvalue weighted by atomic mass is 10.1. The van der Waals surface area contributed by atoms with Crippen molar-refractivity contribution in [3.63, 3.8) is 0 Å². The Morgan fingerprint density at radius 2 is 1.90 bits per heavy atom. The van der Waals surface area contributed by atoms with Crippen molar-refractivity contribution < 1.29 is 9.53 Å². The number of aromatic nitrogens is 4. The summed E-state index contributed by atoms with van der Waals surface area (Å²) in [7, 11) is 1.64. The van der Waals surface area contributed by atoms with Crippen LogP contribution >= 0.6 is 0 Å². The van der Waals surface area contributed by atoms with Gasteiger partial charge in [0.2, 0.25) is 0 Å². The lowest BCUT2D eigenvalue weighted by Gasteiger charge is -2.11. The van der Waals surface area contributed by atoms with Gasteiger partial charge in [0.15, 0.2) is 5.65 Å². The van der Waals surface area contributed by atoms with Crippen LogP contribution in [-0.2, 0) is 0 Å². The first-order valence-electron chi connectivity index (χ1n) is 9.88. The van der Waals surface area contributed by atoms with Crippen molar-refractivity contribution in [3.8, 4) is 22.7 Å². The Morgan fingerprint density at radius 3 is 2.63 bits per heavy atom. The fourth-order valence-corrected chi connectivity index (χ4v) is 3.48. The Labute approximate surface area is 173 Å². The van der Waals surface area contributed by atoms with Crippen LogP contribution in [0, 0.1) is 6.92 Å². The van der Waals surface area contributed by atoms with Gasteiger partial charge in [-0.25, -0.2) is 15.0 Å². The van der Waals surface area contributed by atoms with E-state index in [-0.39, 0.29) is 5.91 Å². The average Bonchev–Trinajstić information content (AvgIpc) is 3.49. The van der Waals surface area contributed by atoms with Crippen molar-refractivity contribution >= 4 is 17.1 Å². The zero-order chi connectivity index (χ0) is 20.7. The van der Waals surface area contributed by atoms with Gasteiger partial charge in [-0.05, 0) is 61.7 Å². The molecule has 0 radical (unpaired) electrons. The van der Waals surface area contributed by atoms with E-state index in [1.165, 1.54) is 0 Å². The molecule has 0 spiro atoms. The molecule has 1 aliphatic carbocycles. The van der Waals surface area contributed by atoms with Gasteiger partial charge >= 0.3 is 0 Å². The van der Waals surface area contributed by atoms with Crippen LogP contribution in [0.25, 0.3) is 28.1 Å². The van der Waals surface area contributed by atoms with Gasteiger partial charge in [0.25, 0.3) is 5.91 Å². The van der Waals surface area contributed by atoms with Crippen molar-refractivity contribution in [2.24, 2.45) is 0 Å². The average molecular weight is 399 g/mol. The highest BCUT2D eigenvalue weighted by Crippen LogP contribution is 2.28. The van der Waals surface area contributed by atoms with Gasteiger partial charge in [-0.1, -0.05) is 6.07 Å². The third-order valence-electron chi connectivity index (χ3n) is 5.34. The minimum absolute atomic E-state index is 0.0447. The lowest BCUT2D eigenvalue weighted by molar-refractivity contribution is 0.0951. The Morgan fingerprint density at radius 1 is 1.10 bits per heavy atom. The lowest BCUT2D eigenvalue weighted by Crippen LogP contribution is -2.25. The van der Waals surface area contributed by atoms with E-state index in [2.05, 4.69) is 20.3 Å². The maximum Gasteiger partial charge on any atom is 0.251 e. The van der Waals surface area contributed by atoms with Gasteiger partial charge < -0.3 is 10.1 Å². The Hall–Kier alpha value is -3.74. The molecule has 0 atom stereocenters. The summed E-state index contributed by atoms with van der Waals surface area (Å²) in [5.74, 6) is 0.739. The molecule has 1 amide bonds. The summed E-state index contributed by atoms with van der Waals surface area (Å²) in [6, 6.07) is 13.7. The minimum atomic E-state index is -0.0447. The third-order valence-corrected chi connectivity index (χ3v) is 5.34. The molecule has 5 rings (SSSR count). The van der Waals surface area contributed by atoms with Gasteiger partial charge in [0, 0.05) is 17.2 Å². The van der Waals surface area contributed by atoms with E-state index >= 15 is 0 Å². The van der Waals surface area contributed by atoms with E-state index in [1.54, 1.807) is 19.8 Å². The van der Waals surface area contributed by atoms with Crippen molar-refractivity contribution in [2.45, 2.75) is 25.8 Å². The summed E-state index contributed by atoms with van der Waals surface area (Å²) in [4.78, 5) is 26.0. The number of nitrogens with one attached hydrogen (secondary N) is 1. The Kier molecular flexibility index (Phi) is 4.43. The number of amides is 1. The summed E-state index contributed by atoms with van der Waals surface area (Å²) in [6.45, 7) is 2.01. The van der Waals surface area contributed by atoms with E-state index < -0.39 is 0 Å². The number of imidazole rings is 1. The number of benzene rings is 2. The number of nitrogens with zero attached hydrogens (tertiary/aromatic N) is 4. The molecule has 0 saturated heterocycles. The number of carbonyl (C=O) groups excluding carboxylic acids is 1. The monoisotopic (exact) mass is 399 g/mol. The second kappa shape index (κ2) is 7.26. The predicted octanol–water partition coefficient (Wildman–Crippen LogP) is 3.69. The van der Waals surface area contributed by atoms with Gasteiger partial charge in [0.1, 0.15) is 29.6 Å². The van der Waals surface area contributed by atoms with Gasteiger partial charge in [0.05, 0.1) is 12.8 Å². The highest BCUT2D eigenvalue weighted by atomic mass is 16.5. The first-order chi connectivity index (χ1) is 14.6. The SMILES string of the molecule is COc1ccc(-c2ncnc3c2ncn3-c2cc(C(=O)NC3CC3)ccc2C)cc1. The molecule has 0 unspecified atom stereocenters. The number of rotatable bonds is 5. The fraction of sp³-hybridized carbons (Fsp3) is 0.217. The summed E-state index contributed by atoms with van der Waals surface area (Å²) in [6.07, 6.45) is 5.39. The van der Waals surface area contributed by atoms with Crippen LogP contribution in [0.5, 0.6) is 5.75 Å². The van der Waals surface area contributed by atoms with E-state index in [0.29, 0.717) is 22.8 Å². The molecule has 30 heavy (non-hydrogen) atoms. The molecule has 7 heteroatoms. The molecule has 1 aliphatic rings. The number of methoxy groups -OCH3 is 1. The molecule has 0 bridgehead atoms. The summed E-state index contributed by atoms with van der Waals surface area (Å²) >= 11 is 0. The molecule has 150 valence electrons. The third kappa shape index (κ3) is 3.28. The van der Waals surface area contributed by atoms with Crippen molar-refractivity contribution in [2.75, 3.05) is 7.11 Å². The second-order valence-corrected chi connectivity index (χ2v) is 7.49. The first kappa shape index (κ1) is 18.3. The highest BCUT2D eigenvalue weighted by molar-refractivity contribution is 5.95. The maximum atomic E-state index is 12.5. The quantitative estimate of drug-likeness (QED) is 0.553. The van der Waals surface area contributed by atoms with Crippen LogP contribution in [0.1, 0.15) is 28.8 Å². The zero-order valence-corrected chi connectivity index (χ0v) is 16.8. The summed E-state index contributed by atoms with van der Waals surface area (Å²) in [5, 5.41) is 3.04. The van der Waals surface area contributed by atoms with Crippen LogP contribution in [0.2, 0.25) is 0 Å². The first-order valence-corrected chi connectivity index (χ1v) is 9.88. The summed E-state index contributed by atoms with van der Waals surface area (Å²) < 4.78 is 7.15. The molecular weight excluding hydrogens is 378 g/mol. The topological polar surface area (TPSA) is 81.9 Å². The molecular formula is C23H21N5O2. The van der Waals surface area contributed by atoms with Gasteiger partial charge in [-0.15, -0.1) is 0 Å². The largest absolute Gasteiger partial charge is 0.497 e. The van der Waals surface area contributed by atoms with Gasteiger partial charge in [-0.3, -0.25) is 9.36 Å². The molecule has 1 saturated carbocycles. The number of carbonyl (C=O) groups is 1. The molecule has 4 aromatic rings. The number of ether oxygens (including phenoxy) is 1. The molecule has 7 nitrogen and oxygen atoms in total. The molecule has 2 aromatic heterocycles. The second-order valence-electron chi connectivity index (χ2n) is 7.49.